The van der Waals surface area contributed by atoms with Crippen molar-refractivity contribution >= 4 is 52.5 Å². The molecular formula is C17H21N3O4S2. The second kappa shape index (κ2) is 9.44. The minimum atomic E-state index is -0.802. The number of thiophene rings is 1. The summed E-state index contributed by atoms with van der Waals surface area (Å²) in [5, 5.41) is 7.31. The Labute approximate surface area is 161 Å². The van der Waals surface area contributed by atoms with Gasteiger partial charge in [-0.25, -0.2) is 0 Å². The molecule has 0 saturated carbocycles. The Morgan fingerprint density at radius 1 is 1.54 bits per heavy atom. The van der Waals surface area contributed by atoms with Crippen LogP contribution in [0.4, 0.5) is 0 Å². The summed E-state index contributed by atoms with van der Waals surface area (Å²) in [6.45, 7) is 4.26. The molecule has 1 aromatic rings. The van der Waals surface area contributed by atoms with Crippen molar-refractivity contribution in [1.82, 2.24) is 15.5 Å². The molecule has 140 valence electrons. The smallest absolute Gasteiger partial charge is 0.308 e. The lowest BCUT2D eigenvalue weighted by Crippen LogP contribution is -2.60. The first-order chi connectivity index (χ1) is 12.4. The third kappa shape index (κ3) is 5.92. The van der Waals surface area contributed by atoms with Crippen LogP contribution in [0.15, 0.2) is 23.6 Å². The fraction of sp³-hybridized carbons (Fsp3) is 0.412. The number of carbonyl (C=O) groups is 3. The van der Waals surface area contributed by atoms with Crippen molar-refractivity contribution in [1.29, 1.82) is 0 Å². The van der Waals surface area contributed by atoms with Gasteiger partial charge in [-0.15, -0.1) is 11.3 Å². The SMILES string of the molecule is CC(C)OC(=O)CC1C(=O)NCCN1C(=S)NC(=O)C=Cc1cccs1. The fourth-order valence-corrected chi connectivity index (χ4v) is 3.33. The summed E-state index contributed by atoms with van der Waals surface area (Å²) in [4.78, 5) is 38.6. The molecule has 7 nitrogen and oxygen atoms in total. The maximum Gasteiger partial charge on any atom is 0.308 e. The van der Waals surface area contributed by atoms with Crippen LogP contribution < -0.4 is 10.6 Å². The van der Waals surface area contributed by atoms with E-state index in [9.17, 15) is 14.4 Å². The number of ether oxygens (including phenoxy) is 1. The molecule has 2 rings (SSSR count). The van der Waals surface area contributed by atoms with Crippen LogP contribution in [-0.4, -0.2) is 53.0 Å². The molecule has 9 heteroatoms. The Morgan fingerprint density at radius 3 is 2.96 bits per heavy atom. The fourth-order valence-electron chi connectivity index (χ4n) is 2.39. The molecule has 0 aromatic carbocycles. The summed E-state index contributed by atoms with van der Waals surface area (Å²) < 4.78 is 5.10. The van der Waals surface area contributed by atoms with Gasteiger partial charge in [-0.1, -0.05) is 6.07 Å². The first-order valence-electron chi connectivity index (χ1n) is 8.17. The lowest BCUT2D eigenvalue weighted by Gasteiger charge is -2.36. The Hall–Kier alpha value is -2.26. The number of piperazine rings is 1. The van der Waals surface area contributed by atoms with E-state index in [0.29, 0.717) is 13.1 Å². The van der Waals surface area contributed by atoms with E-state index in [1.165, 1.54) is 17.4 Å². The van der Waals surface area contributed by atoms with Crippen LogP contribution in [0.25, 0.3) is 6.08 Å². The molecule has 0 radical (unpaired) electrons. The minimum absolute atomic E-state index is 0.114. The van der Waals surface area contributed by atoms with Crippen molar-refractivity contribution in [3.05, 3.63) is 28.5 Å². The van der Waals surface area contributed by atoms with Gasteiger partial charge in [0.05, 0.1) is 12.5 Å². The summed E-state index contributed by atoms with van der Waals surface area (Å²) in [7, 11) is 0. The molecular weight excluding hydrogens is 374 g/mol. The second-order valence-corrected chi connectivity index (χ2v) is 7.25. The topological polar surface area (TPSA) is 87.7 Å². The number of nitrogens with zero attached hydrogens (tertiary/aromatic N) is 1. The first-order valence-corrected chi connectivity index (χ1v) is 9.46. The highest BCUT2D eigenvalue weighted by Gasteiger charge is 2.34. The molecule has 2 heterocycles. The maximum atomic E-state index is 12.2. The Kier molecular flexibility index (Phi) is 7.28. The largest absolute Gasteiger partial charge is 0.463 e. The highest BCUT2D eigenvalue weighted by atomic mass is 32.1. The number of esters is 1. The van der Waals surface area contributed by atoms with Gasteiger partial charge < -0.3 is 15.0 Å². The Bertz CT molecular complexity index is 701. The molecule has 0 aliphatic carbocycles. The van der Waals surface area contributed by atoms with Gasteiger partial charge in [0.1, 0.15) is 6.04 Å². The highest BCUT2D eigenvalue weighted by molar-refractivity contribution is 7.80. The first kappa shape index (κ1) is 20.1. The normalized spacial score (nSPS) is 17.3. The molecule has 1 unspecified atom stereocenters. The molecule has 1 atom stereocenters. The van der Waals surface area contributed by atoms with Crippen LogP contribution in [0, 0.1) is 0 Å². The molecule has 2 amide bonds. The predicted octanol–water partition coefficient (Wildman–Crippen LogP) is 1.30. The molecule has 1 aliphatic heterocycles. The summed E-state index contributed by atoms with van der Waals surface area (Å²) in [6.07, 6.45) is 2.66. The third-order valence-electron chi connectivity index (χ3n) is 3.49. The van der Waals surface area contributed by atoms with Crippen molar-refractivity contribution in [2.45, 2.75) is 32.4 Å². The van der Waals surface area contributed by atoms with Crippen LogP contribution in [-0.2, 0) is 19.1 Å². The average Bonchev–Trinajstić information content (AvgIpc) is 3.07. The molecule has 2 N–H and O–H groups in total. The van der Waals surface area contributed by atoms with Crippen LogP contribution in [0.2, 0.25) is 0 Å². The van der Waals surface area contributed by atoms with Crippen LogP contribution >= 0.6 is 23.6 Å². The van der Waals surface area contributed by atoms with Gasteiger partial charge in [-0.2, -0.15) is 0 Å². The van der Waals surface area contributed by atoms with Crippen molar-refractivity contribution in [2.24, 2.45) is 0 Å². The van der Waals surface area contributed by atoms with E-state index in [4.69, 9.17) is 17.0 Å². The van der Waals surface area contributed by atoms with E-state index in [1.54, 1.807) is 24.8 Å². The zero-order valence-corrected chi connectivity index (χ0v) is 16.2. The number of hydrogen-bond acceptors (Lipinski definition) is 6. The van der Waals surface area contributed by atoms with Gasteiger partial charge in [0.15, 0.2) is 5.11 Å². The summed E-state index contributed by atoms with van der Waals surface area (Å²) in [5.74, 6) is -1.20. The summed E-state index contributed by atoms with van der Waals surface area (Å²) in [5.41, 5.74) is 0. The van der Waals surface area contributed by atoms with Crippen molar-refractivity contribution in [3.8, 4) is 0 Å². The number of thiocarbonyl (C=S) groups is 1. The number of nitrogens with one attached hydrogen (secondary N) is 2. The third-order valence-corrected chi connectivity index (χ3v) is 4.67. The second-order valence-electron chi connectivity index (χ2n) is 5.89. The molecule has 26 heavy (non-hydrogen) atoms. The Morgan fingerprint density at radius 2 is 2.31 bits per heavy atom. The van der Waals surface area contributed by atoms with E-state index in [2.05, 4.69) is 10.6 Å². The van der Waals surface area contributed by atoms with Gasteiger partial charge in [0.25, 0.3) is 0 Å². The van der Waals surface area contributed by atoms with E-state index in [0.717, 1.165) is 4.88 Å². The van der Waals surface area contributed by atoms with E-state index < -0.39 is 17.9 Å². The molecule has 1 fully saturated rings. The van der Waals surface area contributed by atoms with Gasteiger partial charge in [0, 0.05) is 24.0 Å². The van der Waals surface area contributed by atoms with Crippen LogP contribution in [0.1, 0.15) is 25.1 Å². The van der Waals surface area contributed by atoms with E-state index >= 15 is 0 Å². The lowest BCUT2D eigenvalue weighted by atomic mass is 10.1. The van der Waals surface area contributed by atoms with Crippen molar-refractivity contribution in [2.75, 3.05) is 13.1 Å². The van der Waals surface area contributed by atoms with Crippen molar-refractivity contribution < 1.29 is 19.1 Å². The molecule has 1 aliphatic rings. The number of rotatable bonds is 5. The Balaban J connectivity index is 1.98. The molecule has 0 bridgehead atoms. The quantitative estimate of drug-likeness (QED) is 0.444. The standard InChI is InChI=1S/C17H21N3O4S2/c1-11(2)24-15(22)10-13-16(23)18-7-8-20(13)17(25)19-14(21)6-5-12-4-3-9-26-12/h3-6,9,11,13H,7-8,10H2,1-2H3,(H,18,23)(H,19,21,25). The maximum absolute atomic E-state index is 12.2. The van der Waals surface area contributed by atoms with Gasteiger partial charge in [-0.3, -0.25) is 19.7 Å². The van der Waals surface area contributed by atoms with Gasteiger partial charge in [-0.05, 0) is 43.6 Å². The number of amides is 2. The summed E-state index contributed by atoms with van der Waals surface area (Å²) >= 11 is 6.78. The summed E-state index contributed by atoms with van der Waals surface area (Å²) in [6, 6.07) is 2.97. The van der Waals surface area contributed by atoms with Crippen molar-refractivity contribution in [3.63, 3.8) is 0 Å². The monoisotopic (exact) mass is 395 g/mol. The van der Waals surface area contributed by atoms with E-state index in [1.807, 2.05) is 17.5 Å². The predicted molar refractivity (Wildman–Crippen MR) is 103 cm³/mol. The van der Waals surface area contributed by atoms with Gasteiger partial charge >= 0.3 is 5.97 Å². The minimum Gasteiger partial charge on any atom is -0.463 e. The lowest BCUT2D eigenvalue weighted by molar-refractivity contribution is -0.150. The van der Waals surface area contributed by atoms with Crippen LogP contribution in [0.3, 0.4) is 0 Å². The zero-order valence-electron chi connectivity index (χ0n) is 14.6. The molecule has 1 saturated heterocycles. The number of carbonyl (C=O) groups excluding carboxylic acids is 3. The molecule has 0 spiro atoms. The molecule has 1 aromatic heterocycles. The average molecular weight is 396 g/mol. The van der Waals surface area contributed by atoms with Gasteiger partial charge in [0.2, 0.25) is 11.8 Å². The van der Waals surface area contributed by atoms with Crippen LogP contribution in [0.5, 0.6) is 0 Å². The highest BCUT2D eigenvalue weighted by Crippen LogP contribution is 2.12. The number of hydrogen-bond donors (Lipinski definition) is 2. The van der Waals surface area contributed by atoms with E-state index in [-0.39, 0.29) is 23.5 Å². The zero-order chi connectivity index (χ0) is 19.1.